The van der Waals surface area contributed by atoms with E-state index >= 15 is 0 Å². The van der Waals surface area contributed by atoms with Crippen molar-refractivity contribution in [2.45, 2.75) is 25.4 Å². The first-order valence-corrected chi connectivity index (χ1v) is 8.58. The molecule has 1 aromatic carbocycles. The highest BCUT2D eigenvalue weighted by molar-refractivity contribution is 6.06. The SMILES string of the molecule is O=C1CCC(N2Cc3c(c(F)cc(F)c3N3CCNCC3)C2=O)C(=O)N1. The molecule has 0 bridgehead atoms. The summed E-state index contributed by atoms with van der Waals surface area (Å²) in [5, 5.41) is 5.36. The Balaban J connectivity index is 1.72. The van der Waals surface area contributed by atoms with Crippen molar-refractivity contribution in [3.8, 4) is 0 Å². The van der Waals surface area contributed by atoms with Crippen LogP contribution in [0.2, 0.25) is 0 Å². The number of nitrogens with one attached hydrogen (secondary N) is 2. The van der Waals surface area contributed by atoms with Gasteiger partial charge in [0.15, 0.2) is 0 Å². The number of amides is 3. The number of fused-ring (bicyclic) bond motifs is 1. The van der Waals surface area contributed by atoms with Crippen molar-refractivity contribution in [2.75, 3.05) is 31.1 Å². The molecule has 138 valence electrons. The summed E-state index contributed by atoms with van der Waals surface area (Å²) in [5.74, 6) is -3.23. The van der Waals surface area contributed by atoms with Gasteiger partial charge in [0, 0.05) is 50.8 Å². The number of rotatable bonds is 2. The van der Waals surface area contributed by atoms with Crippen molar-refractivity contribution in [1.82, 2.24) is 15.5 Å². The van der Waals surface area contributed by atoms with Crippen molar-refractivity contribution in [3.63, 3.8) is 0 Å². The van der Waals surface area contributed by atoms with Crippen LogP contribution in [0.15, 0.2) is 6.07 Å². The molecule has 3 heterocycles. The molecule has 3 aliphatic rings. The fourth-order valence-corrected chi connectivity index (χ4v) is 3.89. The van der Waals surface area contributed by atoms with Gasteiger partial charge in [0.2, 0.25) is 11.8 Å². The van der Waals surface area contributed by atoms with E-state index in [2.05, 4.69) is 10.6 Å². The van der Waals surface area contributed by atoms with Gasteiger partial charge in [0.25, 0.3) is 5.91 Å². The lowest BCUT2D eigenvalue weighted by atomic mass is 10.0. The molecule has 1 unspecified atom stereocenters. The molecule has 4 rings (SSSR count). The molecule has 1 atom stereocenters. The van der Waals surface area contributed by atoms with E-state index in [0.717, 1.165) is 6.07 Å². The molecule has 1 aromatic rings. The first-order chi connectivity index (χ1) is 12.5. The fourth-order valence-electron chi connectivity index (χ4n) is 3.89. The minimum atomic E-state index is -0.920. The number of imide groups is 1. The molecule has 7 nitrogen and oxygen atoms in total. The van der Waals surface area contributed by atoms with Crippen molar-refractivity contribution in [1.29, 1.82) is 0 Å². The van der Waals surface area contributed by atoms with Crippen molar-refractivity contribution in [3.05, 3.63) is 28.8 Å². The van der Waals surface area contributed by atoms with E-state index in [-0.39, 0.29) is 36.2 Å². The van der Waals surface area contributed by atoms with Gasteiger partial charge in [0.05, 0.1) is 11.3 Å². The highest BCUT2D eigenvalue weighted by Gasteiger charge is 2.42. The van der Waals surface area contributed by atoms with Gasteiger partial charge < -0.3 is 15.1 Å². The summed E-state index contributed by atoms with van der Waals surface area (Å²) in [6, 6.07) is -0.117. The molecule has 0 aromatic heterocycles. The van der Waals surface area contributed by atoms with E-state index < -0.39 is 35.4 Å². The minimum Gasteiger partial charge on any atom is -0.366 e. The third-order valence-electron chi connectivity index (χ3n) is 5.13. The van der Waals surface area contributed by atoms with Gasteiger partial charge in [-0.1, -0.05) is 0 Å². The predicted molar refractivity (Wildman–Crippen MR) is 87.5 cm³/mol. The molecule has 2 N–H and O–H groups in total. The second-order valence-electron chi connectivity index (χ2n) is 6.68. The predicted octanol–water partition coefficient (Wildman–Crippen LogP) is 0.135. The average Bonchev–Trinajstić information content (AvgIpc) is 2.93. The summed E-state index contributed by atoms with van der Waals surface area (Å²) in [6.45, 7) is 2.37. The summed E-state index contributed by atoms with van der Waals surface area (Å²) in [7, 11) is 0. The lowest BCUT2D eigenvalue weighted by Gasteiger charge is -2.32. The van der Waals surface area contributed by atoms with E-state index in [1.54, 1.807) is 4.90 Å². The van der Waals surface area contributed by atoms with Crippen molar-refractivity contribution < 1.29 is 23.2 Å². The topological polar surface area (TPSA) is 81.8 Å². The number of halogens is 2. The third-order valence-corrected chi connectivity index (χ3v) is 5.13. The maximum absolute atomic E-state index is 14.6. The number of anilines is 1. The van der Waals surface area contributed by atoms with Crippen molar-refractivity contribution in [2.24, 2.45) is 0 Å². The Morgan fingerprint density at radius 3 is 2.50 bits per heavy atom. The van der Waals surface area contributed by atoms with E-state index in [1.807, 2.05) is 0 Å². The molecular weight excluding hydrogens is 346 g/mol. The first kappa shape index (κ1) is 16.9. The van der Waals surface area contributed by atoms with Crippen LogP contribution < -0.4 is 15.5 Å². The highest BCUT2D eigenvalue weighted by atomic mass is 19.1. The van der Waals surface area contributed by atoms with Gasteiger partial charge in [-0.2, -0.15) is 0 Å². The Kier molecular flexibility index (Phi) is 4.10. The molecule has 2 fully saturated rings. The molecule has 0 radical (unpaired) electrons. The number of hydrogen-bond acceptors (Lipinski definition) is 5. The van der Waals surface area contributed by atoms with Crippen LogP contribution in [-0.4, -0.2) is 54.8 Å². The number of hydrogen-bond donors (Lipinski definition) is 2. The number of carbonyl (C=O) groups is 3. The number of carbonyl (C=O) groups excluding carboxylic acids is 3. The van der Waals surface area contributed by atoms with E-state index in [9.17, 15) is 23.2 Å². The first-order valence-electron chi connectivity index (χ1n) is 8.58. The van der Waals surface area contributed by atoms with Crippen LogP contribution in [-0.2, 0) is 16.1 Å². The Labute approximate surface area is 148 Å². The zero-order valence-corrected chi connectivity index (χ0v) is 14.0. The van der Waals surface area contributed by atoms with E-state index in [0.29, 0.717) is 26.2 Å². The van der Waals surface area contributed by atoms with Crippen molar-refractivity contribution >= 4 is 23.4 Å². The molecule has 0 aliphatic carbocycles. The van der Waals surface area contributed by atoms with Gasteiger partial charge in [-0.05, 0) is 6.42 Å². The molecule has 3 aliphatic heterocycles. The summed E-state index contributed by atoms with van der Waals surface area (Å²) in [6.07, 6.45) is 0.287. The van der Waals surface area contributed by atoms with Crippen LogP contribution in [0, 0.1) is 11.6 Å². The van der Waals surface area contributed by atoms with Crippen LogP contribution in [0.4, 0.5) is 14.5 Å². The lowest BCUT2D eigenvalue weighted by Crippen LogP contribution is -2.52. The molecule has 9 heteroatoms. The number of benzene rings is 1. The molecule has 26 heavy (non-hydrogen) atoms. The summed E-state index contributed by atoms with van der Waals surface area (Å²) < 4.78 is 28.9. The normalized spacial score (nSPS) is 23.3. The second kappa shape index (κ2) is 6.31. The quantitative estimate of drug-likeness (QED) is 0.730. The van der Waals surface area contributed by atoms with Crippen LogP contribution in [0.3, 0.4) is 0 Å². The molecule has 0 saturated carbocycles. The number of piperazine rings is 1. The zero-order valence-electron chi connectivity index (χ0n) is 14.0. The molecule has 0 spiro atoms. The van der Waals surface area contributed by atoms with Gasteiger partial charge >= 0.3 is 0 Å². The Bertz CT molecular complexity index is 808. The fraction of sp³-hybridized carbons (Fsp3) is 0.471. The maximum atomic E-state index is 14.6. The number of nitrogens with zero attached hydrogens (tertiary/aromatic N) is 2. The lowest BCUT2D eigenvalue weighted by molar-refractivity contribution is -0.136. The largest absolute Gasteiger partial charge is 0.366 e. The van der Waals surface area contributed by atoms with Crippen LogP contribution in [0.25, 0.3) is 0 Å². The smallest absolute Gasteiger partial charge is 0.258 e. The second-order valence-corrected chi connectivity index (χ2v) is 6.68. The zero-order chi connectivity index (χ0) is 18.4. The summed E-state index contributed by atoms with van der Waals surface area (Å²) in [5.41, 5.74) is 0.328. The average molecular weight is 364 g/mol. The standard InChI is InChI=1S/C17H18F2N4O3/c18-10-7-11(19)15(22-5-3-20-4-6-22)9-8-23(17(26)14(9)10)12-1-2-13(24)21-16(12)25/h7,12,20H,1-6,8H2,(H,21,24,25). The number of piperidine rings is 1. The maximum Gasteiger partial charge on any atom is 0.258 e. The van der Waals surface area contributed by atoms with Crippen LogP contribution in [0.1, 0.15) is 28.8 Å². The minimum absolute atomic E-state index is 0.0472. The third kappa shape index (κ3) is 2.63. The molecule has 2 saturated heterocycles. The Morgan fingerprint density at radius 2 is 1.81 bits per heavy atom. The monoisotopic (exact) mass is 364 g/mol. The highest BCUT2D eigenvalue weighted by Crippen LogP contribution is 2.37. The van der Waals surface area contributed by atoms with Gasteiger partial charge in [-0.25, -0.2) is 8.78 Å². The van der Waals surface area contributed by atoms with Crippen LogP contribution in [0.5, 0.6) is 0 Å². The Morgan fingerprint density at radius 1 is 1.08 bits per heavy atom. The summed E-state index contributed by atoms with van der Waals surface area (Å²) in [4.78, 5) is 39.2. The van der Waals surface area contributed by atoms with E-state index in [4.69, 9.17) is 0 Å². The van der Waals surface area contributed by atoms with Crippen LogP contribution >= 0.6 is 0 Å². The van der Waals surface area contributed by atoms with E-state index in [1.165, 1.54) is 4.90 Å². The van der Waals surface area contributed by atoms with Gasteiger partial charge in [-0.3, -0.25) is 19.7 Å². The summed E-state index contributed by atoms with van der Waals surface area (Å²) >= 11 is 0. The molecule has 3 amide bonds. The molecular formula is C17H18F2N4O3. The Hall–Kier alpha value is -2.55. The van der Waals surface area contributed by atoms with Gasteiger partial charge in [0.1, 0.15) is 17.7 Å². The van der Waals surface area contributed by atoms with Gasteiger partial charge in [-0.15, -0.1) is 0 Å².